The van der Waals surface area contributed by atoms with Gasteiger partial charge in [-0.25, -0.2) is 4.98 Å². The van der Waals surface area contributed by atoms with E-state index in [1.165, 1.54) is 0 Å². The van der Waals surface area contributed by atoms with Crippen molar-refractivity contribution in [1.82, 2.24) is 20.2 Å². The van der Waals surface area contributed by atoms with Gasteiger partial charge in [-0.3, -0.25) is 9.59 Å². The highest BCUT2D eigenvalue weighted by atomic mass is 32.1. The minimum absolute atomic E-state index is 0.149. The number of hydrogen-bond acceptors (Lipinski definition) is 4. The van der Waals surface area contributed by atoms with Crippen molar-refractivity contribution in [2.75, 3.05) is 13.1 Å². The van der Waals surface area contributed by atoms with Crippen molar-refractivity contribution in [3.63, 3.8) is 0 Å². The number of thiazole rings is 1. The summed E-state index contributed by atoms with van der Waals surface area (Å²) in [4.78, 5) is 34.3. The summed E-state index contributed by atoms with van der Waals surface area (Å²) < 4.78 is 0. The molecular weight excluding hydrogens is 372 g/mol. The number of likely N-dealkylation sites (tertiary alicyclic amines) is 1. The predicted molar refractivity (Wildman–Crippen MR) is 109 cm³/mol. The molecule has 1 aromatic carbocycles. The predicted octanol–water partition coefficient (Wildman–Crippen LogP) is 3.54. The maximum atomic E-state index is 12.9. The third-order valence-corrected chi connectivity index (χ3v) is 5.70. The van der Waals surface area contributed by atoms with Crippen molar-refractivity contribution in [3.05, 3.63) is 64.2 Å². The smallest absolute Gasteiger partial charge is 0.268 e. The minimum atomic E-state index is -0.260. The van der Waals surface area contributed by atoms with Gasteiger partial charge in [0.05, 0.1) is 16.7 Å². The lowest BCUT2D eigenvalue weighted by atomic mass is 10.1. The van der Waals surface area contributed by atoms with Gasteiger partial charge in [0.25, 0.3) is 5.91 Å². The van der Waals surface area contributed by atoms with Crippen LogP contribution in [0.1, 0.15) is 39.9 Å². The highest BCUT2D eigenvalue weighted by molar-refractivity contribution is 7.09. The van der Waals surface area contributed by atoms with E-state index in [2.05, 4.69) is 15.3 Å². The van der Waals surface area contributed by atoms with Crippen LogP contribution in [0.2, 0.25) is 0 Å². The summed E-state index contributed by atoms with van der Waals surface area (Å²) >= 11 is 1.58. The summed E-state index contributed by atoms with van der Waals surface area (Å²) in [5, 5.41) is 6.05. The molecule has 3 aromatic rings. The van der Waals surface area contributed by atoms with E-state index in [-0.39, 0.29) is 17.9 Å². The zero-order valence-corrected chi connectivity index (χ0v) is 16.5. The van der Waals surface area contributed by atoms with Crippen LogP contribution < -0.4 is 5.32 Å². The second kappa shape index (κ2) is 7.98. The van der Waals surface area contributed by atoms with E-state index in [1.807, 2.05) is 53.6 Å². The maximum Gasteiger partial charge on any atom is 0.268 e. The van der Waals surface area contributed by atoms with Crippen LogP contribution in [0.15, 0.2) is 48.0 Å². The highest BCUT2D eigenvalue weighted by Gasteiger charge is 2.26. The van der Waals surface area contributed by atoms with E-state index in [0.717, 1.165) is 34.8 Å². The number of carbonyl (C=O) groups excluding carboxylic acids is 2. The molecule has 1 atom stereocenters. The fourth-order valence-corrected chi connectivity index (χ4v) is 4.06. The van der Waals surface area contributed by atoms with E-state index in [9.17, 15) is 9.59 Å². The van der Waals surface area contributed by atoms with Crippen LogP contribution >= 0.6 is 11.3 Å². The van der Waals surface area contributed by atoms with Gasteiger partial charge in [-0.05, 0) is 25.0 Å². The van der Waals surface area contributed by atoms with Gasteiger partial charge >= 0.3 is 0 Å². The molecule has 0 bridgehead atoms. The van der Waals surface area contributed by atoms with Gasteiger partial charge in [0.1, 0.15) is 5.69 Å². The zero-order valence-electron chi connectivity index (χ0n) is 15.6. The van der Waals surface area contributed by atoms with Crippen molar-refractivity contribution in [3.8, 4) is 11.3 Å². The van der Waals surface area contributed by atoms with Crippen LogP contribution in [0.25, 0.3) is 11.3 Å². The average Bonchev–Trinajstić information content (AvgIpc) is 3.43. The molecule has 1 aliphatic heterocycles. The number of nitrogens with zero attached hydrogens (tertiary/aromatic N) is 2. The van der Waals surface area contributed by atoms with E-state index < -0.39 is 0 Å². The number of rotatable bonds is 6. The molecule has 2 aromatic heterocycles. The molecule has 0 radical (unpaired) electrons. The molecule has 1 saturated heterocycles. The van der Waals surface area contributed by atoms with Gasteiger partial charge in [-0.15, -0.1) is 11.3 Å². The Labute approximate surface area is 167 Å². The third kappa shape index (κ3) is 3.99. The Morgan fingerprint density at radius 3 is 2.86 bits per heavy atom. The SMILES string of the molecule is Cc1nc(-c2c[nH]c(C(=O)N[C@H](CN3CCCC3=O)c3ccccc3)c2)cs1. The number of amides is 2. The molecule has 1 aliphatic rings. The van der Waals surface area contributed by atoms with Gasteiger partial charge < -0.3 is 15.2 Å². The molecule has 0 spiro atoms. The Balaban J connectivity index is 1.52. The van der Waals surface area contributed by atoms with E-state index in [4.69, 9.17) is 0 Å². The molecule has 3 heterocycles. The van der Waals surface area contributed by atoms with Crippen LogP contribution in [0.5, 0.6) is 0 Å². The van der Waals surface area contributed by atoms with Crippen LogP contribution in [0.4, 0.5) is 0 Å². The van der Waals surface area contributed by atoms with Crippen molar-refractivity contribution in [2.45, 2.75) is 25.8 Å². The zero-order chi connectivity index (χ0) is 19.5. The average molecular weight is 394 g/mol. The molecule has 1 fully saturated rings. The quantitative estimate of drug-likeness (QED) is 0.671. The summed E-state index contributed by atoms with van der Waals surface area (Å²) in [6.45, 7) is 3.18. The number of H-pyrrole nitrogens is 1. The van der Waals surface area contributed by atoms with E-state index in [1.54, 1.807) is 17.5 Å². The van der Waals surface area contributed by atoms with Crippen LogP contribution in [0, 0.1) is 6.92 Å². The van der Waals surface area contributed by atoms with Gasteiger partial charge in [-0.1, -0.05) is 30.3 Å². The lowest BCUT2D eigenvalue weighted by Gasteiger charge is -2.25. The molecule has 0 saturated carbocycles. The first-order valence-electron chi connectivity index (χ1n) is 9.34. The number of aryl methyl sites for hydroxylation is 1. The molecule has 2 amide bonds. The molecule has 2 N–H and O–H groups in total. The second-order valence-electron chi connectivity index (χ2n) is 6.93. The summed E-state index contributed by atoms with van der Waals surface area (Å²) in [5.41, 5.74) is 3.22. The van der Waals surface area contributed by atoms with Gasteiger partial charge in [-0.2, -0.15) is 0 Å². The summed E-state index contributed by atoms with van der Waals surface area (Å²) in [7, 11) is 0. The lowest BCUT2D eigenvalue weighted by Crippen LogP contribution is -2.38. The number of hydrogen-bond donors (Lipinski definition) is 2. The molecule has 7 heteroatoms. The summed E-state index contributed by atoms with van der Waals surface area (Å²) in [5.74, 6) is -0.0463. The Morgan fingerprint density at radius 2 is 2.18 bits per heavy atom. The lowest BCUT2D eigenvalue weighted by molar-refractivity contribution is -0.128. The maximum absolute atomic E-state index is 12.9. The highest BCUT2D eigenvalue weighted by Crippen LogP contribution is 2.23. The monoisotopic (exact) mass is 394 g/mol. The number of nitrogens with one attached hydrogen (secondary N) is 2. The van der Waals surface area contributed by atoms with Gasteiger partial charge in [0.15, 0.2) is 0 Å². The first kappa shape index (κ1) is 18.4. The summed E-state index contributed by atoms with van der Waals surface area (Å²) in [6.07, 6.45) is 3.26. The van der Waals surface area contributed by atoms with Crippen LogP contribution in [0.3, 0.4) is 0 Å². The number of aromatic amines is 1. The van der Waals surface area contributed by atoms with Gasteiger partial charge in [0, 0.05) is 36.7 Å². The van der Waals surface area contributed by atoms with Crippen molar-refractivity contribution in [2.24, 2.45) is 0 Å². The third-order valence-electron chi connectivity index (χ3n) is 4.92. The minimum Gasteiger partial charge on any atom is -0.357 e. The van der Waals surface area contributed by atoms with Crippen molar-refractivity contribution in [1.29, 1.82) is 0 Å². The van der Waals surface area contributed by atoms with Crippen LogP contribution in [-0.4, -0.2) is 39.8 Å². The fraction of sp³-hybridized carbons (Fsp3) is 0.286. The fourth-order valence-electron chi connectivity index (χ4n) is 3.44. The van der Waals surface area contributed by atoms with E-state index >= 15 is 0 Å². The standard InChI is InChI=1S/C21H22N4O2S/c1-14-23-19(13-28-14)16-10-17(22-11-16)21(27)24-18(15-6-3-2-4-7-15)12-25-9-5-8-20(25)26/h2-4,6-7,10-11,13,18,22H,5,8-9,12H2,1H3,(H,24,27)/t18-/m1/s1. The Kier molecular flexibility index (Phi) is 5.25. The molecule has 0 aliphatic carbocycles. The van der Waals surface area contributed by atoms with Crippen molar-refractivity contribution >= 4 is 23.2 Å². The molecule has 28 heavy (non-hydrogen) atoms. The largest absolute Gasteiger partial charge is 0.357 e. The van der Waals surface area contributed by atoms with Crippen molar-refractivity contribution < 1.29 is 9.59 Å². The molecule has 4 rings (SSSR count). The molecule has 6 nitrogen and oxygen atoms in total. The number of aromatic nitrogens is 2. The Bertz CT molecular complexity index is 979. The molecule has 0 unspecified atom stereocenters. The first-order valence-corrected chi connectivity index (χ1v) is 10.2. The normalized spacial score (nSPS) is 15.0. The van der Waals surface area contributed by atoms with Gasteiger partial charge in [0.2, 0.25) is 5.91 Å². The number of carbonyl (C=O) groups is 2. The van der Waals surface area contributed by atoms with Crippen LogP contribution in [-0.2, 0) is 4.79 Å². The van der Waals surface area contributed by atoms with E-state index in [0.29, 0.717) is 18.7 Å². The second-order valence-corrected chi connectivity index (χ2v) is 8.00. The first-order chi connectivity index (χ1) is 13.6. The molecule has 144 valence electrons. The topological polar surface area (TPSA) is 78.1 Å². The number of benzene rings is 1. The summed E-state index contributed by atoms with van der Waals surface area (Å²) in [6, 6.07) is 11.3. The Morgan fingerprint density at radius 1 is 1.36 bits per heavy atom. The molecular formula is C21H22N4O2S. The Hall–Kier alpha value is -2.93.